The number of nitrogens with zero attached hydrogens (tertiary/aromatic N) is 3. The van der Waals surface area contributed by atoms with E-state index in [-0.39, 0.29) is 22.8 Å². The molecule has 1 saturated heterocycles. The van der Waals surface area contributed by atoms with Crippen molar-refractivity contribution in [2.24, 2.45) is 0 Å². The quantitative estimate of drug-likeness (QED) is 0.604. The van der Waals surface area contributed by atoms with Gasteiger partial charge in [-0.15, -0.1) is 0 Å². The SMILES string of the molecule is CCC1CCCN1C(=O)C1=C(C)Nc2cc(C(F)(F)F)nn2C1c1ccc(Cl)c(Cl)c1. The number of rotatable bonds is 3. The maximum absolute atomic E-state index is 13.6. The number of carbonyl (C=O) groups is 1. The summed E-state index contributed by atoms with van der Waals surface area (Å²) < 4.78 is 41.4. The Kier molecular flexibility index (Phi) is 5.72. The van der Waals surface area contributed by atoms with Crippen molar-refractivity contribution in [2.75, 3.05) is 11.9 Å². The molecule has 2 aliphatic heterocycles. The summed E-state index contributed by atoms with van der Waals surface area (Å²) in [6, 6.07) is 4.97. The van der Waals surface area contributed by atoms with E-state index in [1.165, 1.54) is 4.68 Å². The first-order valence-electron chi connectivity index (χ1n) is 10.0. The first-order chi connectivity index (χ1) is 14.6. The maximum atomic E-state index is 13.6. The standard InChI is InChI=1S/C21H21Cl2F3N4O/c1-3-13-5-4-8-29(13)20(31)18-11(2)27-17-10-16(21(24,25)26)28-30(17)19(18)12-6-7-14(22)15(23)9-12/h6-7,9-10,13,19,27H,3-5,8H2,1-2H3. The number of hydrogen-bond acceptors (Lipinski definition) is 3. The third-order valence-corrected chi connectivity index (χ3v) is 6.60. The smallest absolute Gasteiger partial charge is 0.344 e. The molecule has 5 nitrogen and oxygen atoms in total. The Morgan fingerprint density at radius 2 is 2.00 bits per heavy atom. The van der Waals surface area contributed by atoms with Crippen LogP contribution >= 0.6 is 23.2 Å². The number of benzene rings is 1. The fourth-order valence-electron chi connectivity index (χ4n) is 4.36. The van der Waals surface area contributed by atoms with Crippen LogP contribution in [-0.2, 0) is 11.0 Å². The van der Waals surface area contributed by atoms with Gasteiger partial charge in [0, 0.05) is 24.4 Å². The van der Waals surface area contributed by atoms with Crippen molar-refractivity contribution in [3.63, 3.8) is 0 Å². The van der Waals surface area contributed by atoms with E-state index in [0.29, 0.717) is 28.4 Å². The summed E-state index contributed by atoms with van der Waals surface area (Å²) >= 11 is 12.3. The molecule has 0 spiro atoms. The second-order valence-electron chi connectivity index (χ2n) is 7.80. The topological polar surface area (TPSA) is 50.2 Å². The number of halogens is 5. The molecule has 1 N–H and O–H groups in total. The molecule has 166 valence electrons. The molecule has 1 aromatic carbocycles. The summed E-state index contributed by atoms with van der Waals surface area (Å²) in [5, 5.41) is 7.32. The minimum atomic E-state index is -4.62. The number of carbonyl (C=O) groups excluding carboxylic acids is 1. The van der Waals surface area contributed by atoms with Gasteiger partial charge >= 0.3 is 6.18 Å². The van der Waals surface area contributed by atoms with E-state index in [1.807, 2.05) is 11.8 Å². The third-order valence-electron chi connectivity index (χ3n) is 5.86. The van der Waals surface area contributed by atoms with Crippen LogP contribution < -0.4 is 5.32 Å². The molecule has 4 rings (SSSR count). The van der Waals surface area contributed by atoms with Gasteiger partial charge in [0.2, 0.25) is 0 Å². The lowest BCUT2D eigenvalue weighted by molar-refractivity contribution is -0.141. The van der Waals surface area contributed by atoms with Crippen molar-refractivity contribution in [3.05, 3.63) is 56.8 Å². The van der Waals surface area contributed by atoms with Crippen LogP contribution in [0.2, 0.25) is 10.0 Å². The molecule has 0 aliphatic carbocycles. The van der Waals surface area contributed by atoms with Crippen LogP contribution in [0.15, 0.2) is 35.5 Å². The number of fused-ring (bicyclic) bond motifs is 1. The average molecular weight is 473 g/mol. The molecule has 1 amide bonds. The van der Waals surface area contributed by atoms with E-state index in [0.717, 1.165) is 25.3 Å². The van der Waals surface area contributed by atoms with Crippen molar-refractivity contribution in [1.29, 1.82) is 0 Å². The van der Waals surface area contributed by atoms with Crippen LogP contribution in [-0.4, -0.2) is 33.2 Å². The van der Waals surface area contributed by atoms with Gasteiger partial charge in [0.1, 0.15) is 11.9 Å². The van der Waals surface area contributed by atoms with Crippen molar-refractivity contribution in [2.45, 2.75) is 51.4 Å². The van der Waals surface area contributed by atoms with Gasteiger partial charge in [0.15, 0.2) is 5.69 Å². The number of likely N-dealkylation sites (tertiary alicyclic amines) is 1. The molecule has 2 aliphatic rings. The Hall–Kier alpha value is -2.19. The lowest BCUT2D eigenvalue weighted by Gasteiger charge is -2.33. The summed E-state index contributed by atoms with van der Waals surface area (Å²) in [5.41, 5.74) is 0.338. The summed E-state index contributed by atoms with van der Waals surface area (Å²) in [7, 11) is 0. The van der Waals surface area contributed by atoms with E-state index in [4.69, 9.17) is 23.2 Å². The van der Waals surface area contributed by atoms with Crippen LogP contribution in [0.25, 0.3) is 0 Å². The Morgan fingerprint density at radius 1 is 1.26 bits per heavy atom. The normalized spacial score (nSPS) is 21.3. The van der Waals surface area contributed by atoms with Crippen LogP contribution in [0.3, 0.4) is 0 Å². The van der Waals surface area contributed by atoms with Crippen molar-refractivity contribution >= 4 is 34.9 Å². The minimum Gasteiger partial charge on any atom is -0.344 e. The summed E-state index contributed by atoms with van der Waals surface area (Å²) in [5.74, 6) is -0.0500. The Labute approximate surface area is 187 Å². The van der Waals surface area contributed by atoms with Gasteiger partial charge in [-0.05, 0) is 43.9 Å². The zero-order valence-corrected chi connectivity index (χ0v) is 18.4. The monoisotopic (exact) mass is 472 g/mol. The molecule has 0 bridgehead atoms. The molecule has 1 fully saturated rings. The molecule has 10 heteroatoms. The number of anilines is 1. The highest BCUT2D eigenvalue weighted by atomic mass is 35.5. The predicted octanol–water partition coefficient (Wildman–Crippen LogP) is 5.90. The number of alkyl halides is 3. The Balaban J connectivity index is 1.86. The number of hydrogen-bond donors (Lipinski definition) is 1. The van der Waals surface area contributed by atoms with Crippen molar-refractivity contribution in [1.82, 2.24) is 14.7 Å². The third kappa shape index (κ3) is 3.91. The van der Waals surface area contributed by atoms with Gasteiger partial charge in [-0.1, -0.05) is 36.2 Å². The van der Waals surface area contributed by atoms with E-state index >= 15 is 0 Å². The molecule has 0 radical (unpaired) electrons. The number of amides is 1. The highest BCUT2D eigenvalue weighted by Gasteiger charge is 2.41. The van der Waals surface area contributed by atoms with Crippen LogP contribution in [0.1, 0.15) is 50.4 Å². The lowest BCUT2D eigenvalue weighted by atomic mass is 9.94. The van der Waals surface area contributed by atoms with Gasteiger partial charge in [0.25, 0.3) is 5.91 Å². The van der Waals surface area contributed by atoms with Gasteiger partial charge in [-0.3, -0.25) is 4.79 Å². The molecule has 1 aromatic heterocycles. The van der Waals surface area contributed by atoms with Gasteiger partial charge in [-0.2, -0.15) is 18.3 Å². The molecule has 2 aromatic rings. The molecule has 2 atom stereocenters. The Bertz CT molecular complexity index is 1060. The Morgan fingerprint density at radius 3 is 2.65 bits per heavy atom. The molecular formula is C21H21Cl2F3N4O. The van der Waals surface area contributed by atoms with Crippen LogP contribution in [0.5, 0.6) is 0 Å². The van der Waals surface area contributed by atoms with Gasteiger partial charge in [-0.25, -0.2) is 4.68 Å². The largest absolute Gasteiger partial charge is 0.435 e. The summed E-state index contributed by atoms with van der Waals surface area (Å²) in [6.07, 6.45) is -2.00. The average Bonchev–Trinajstić information content (AvgIpc) is 3.35. The second kappa shape index (κ2) is 8.06. The molecule has 2 unspecified atom stereocenters. The molecule has 31 heavy (non-hydrogen) atoms. The fourth-order valence-corrected chi connectivity index (χ4v) is 4.67. The fraction of sp³-hybridized carbons (Fsp3) is 0.429. The van der Waals surface area contributed by atoms with E-state index < -0.39 is 17.9 Å². The highest BCUT2D eigenvalue weighted by Crippen LogP contribution is 2.41. The molecule has 0 saturated carbocycles. The second-order valence-corrected chi connectivity index (χ2v) is 8.61. The number of allylic oxidation sites excluding steroid dienone is 1. The summed E-state index contributed by atoms with van der Waals surface area (Å²) in [4.78, 5) is 15.4. The molecule has 3 heterocycles. The van der Waals surface area contributed by atoms with Gasteiger partial charge in [0.05, 0.1) is 15.6 Å². The minimum absolute atomic E-state index is 0.104. The van der Waals surface area contributed by atoms with E-state index in [1.54, 1.807) is 25.1 Å². The maximum Gasteiger partial charge on any atom is 0.435 e. The zero-order chi connectivity index (χ0) is 22.5. The molecular weight excluding hydrogens is 452 g/mol. The van der Waals surface area contributed by atoms with Crippen molar-refractivity contribution in [3.8, 4) is 0 Å². The zero-order valence-electron chi connectivity index (χ0n) is 16.9. The highest BCUT2D eigenvalue weighted by molar-refractivity contribution is 6.42. The van der Waals surface area contributed by atoms with Gasteiger partial charge < -0.3 is 10.2 Å². The number of nitrogens with one attached hydrogen (secondary N) is 1. The predicted molar refractivity (Wildman–Crippen MR) is 113 cm³/mol. The first-order valence-corrected chi connectivity index (χ1v) is 10.8. The lowest BCUT2D eigenvalue weighted by Crippen LogP contribution is -2.40. The van der Waals surface area contributed by atoms with Crippen LogP contribution in [0, 0.1) is 0 Å². The van der Waals surface area contributed by atoms with E-state index in [9.17, 15) is 18.0 Å². The number of aromatic nitrogens is 2. The first kappa shape index (κ1) is 22.0. The van der Waals surface area contributed by atoms with Crippen molar-refractivity contribution < 1.29 is 18.0 Å². The summed E-state index contributed by atoms with van der Waals surface area (Å²) in [6.45, 7) is 4.33. The van der Waals surface area contributed by atoms with E-state index in [2.05, 4.69) is 10.4 Å². The van der Waals surface area contributed by atoms with Crippen LogP contribution in [0.4, 0.5) is 19.0 Å².